The Labute approximate surface area is 143 Å². The molecule has 2 fully saturated rings. The molecule has 2 aliphatic heterocycles. The lowest BCUT2D eigenvalue weighted by Gasteiger charge is -2.31. The summed E-state index contributed by atoms with van der Waals surface area (Å²) in [5.41, 5.74) is 2.27. The molecule has 0 radical (unpaired) electrons. The molecular weight excluding hydrogens is 302 g/mol. The molecule has 0 aliphatic carbocycles. The standard InChI is InChI=1S/C19H27N3O2/c1-13-3-5-15(6-4-13)12-22-17(7-8-18(22)23)19(24)21-16-9-10-20-14(2)11-16/h3-6,14,16-17,20H,7-12H2,1-2H3,(H,21,24). The van der Waals surface area contributed by atoms with Crippen molar-refractivity contribution in [3.8, 4) is 0 Å². The first kappa shape index (κ1) is 17.0. The molecule has 5 heteroatoms. The van der Waals surface area contributed by atoms with Crippen molar-refractivity contribution in [2.45, 2.75) is 64.2 Å². The summed E-state index contributed by atoms with van der Waals surface area (Å²) in [6.45, 7) is 5.63. The summed E-state index contributed by atoms with van der Waals surface area (Å²) in [6.07, 6.45) is 2.99. The van der Waals surface area contributed by atoms with E-state index >= 15 is 0 Å². The summed E-state index contributed by atoms with van der Waals surface area (Å²) in [6, 6.07) is 8.46. The molecule has 3 atom stereocenters. The first-order chi connectivity index (χ1) is 11.5. The lowest BCUT2D eigenvalue weighted by atomic mass is 10.00. The number of piperidine rings is 1. The highest BCUT2D eigenvalue weighted by molar-refractivity contribution is 5.91. The third-order valence-corrected chi connectivity index (χ3v) is 5.07. The molecule has 2 aliphatic rings. The van der Waals surface area contributed by atoms with E-state index in [2.05, 4.69) is 17.6 Å². The van der Waals surface area contributed by atoms with Crippen LogP contribution in [0.4, 0.5) is 0 Å². The molecule has 3 unspecified atom stereocenters. The topological polar surface area (TPSA) is 61.4 Å². The van der Waals surface area contributed by atoms with Crippen LogP contribution in [0.15, 0.2) is 24.3 Å². The van der Waals surface area contributed by atoms with Gasteiger partial charge in [0.1, 0.15) is 6.04 Å². The van der Waals surface area contributed by atoms with Gasteiger partial charge in [-0.2, -0.15) is 0 Å². The average molecular weight is 329 g/mol. The first-order valence-electron chi connectivity index (χ1n) is 8.91. The molecule has 2 saturated heterocycles. The first-order valence-corrected chi connectivity index (χ1v) is 8.91. The molecular formula is C19H27N3O2. The number of hydrogen-bond donors (Lipinski definition) is 2. The minimum atomic E-state index is -0.330. The van der Waals surface area contributed by atoms with Crippen LogP contribution >= 0.6 is 0 Å². The normalized spacial score (nSPS) is 27.3. The fourth-order valence-corrected chi connectivity index (χ4v) is 3.66. The lowest BCUT2D eigenvalue weighted by molar-refractivity contribution is -0.136. The van der Waals surface area contributed by atoms with Gasteiger partial charge in [-0.15, -0.1) is 0 Å². The molecule has 3 rings (SSSR count). The van der Waals surface area contributed by atoms with Crippen molar-refractivity contribution in [1.29, 1.82) is 0 Å². The Balaban J connectivity index is 1.63. The molecule has 24 heavy (non-hydrogen) atoms. The van der Waals surface area contributed by atoms with Gasteiger partial charge in [-0.3, -0.25) is 9.59 Å². The van der Waals surface area contributed by atoms with Crippen molar-refractivity contribution in [3.63, 3.8) is 0 Å². The minimum Gasteiger partial charge on any atom is -0.351 e. The quantitative estimate of drug-likeness (QED) is 0.884. The maximum Gasteiger partial charge on any atom is 0.243 e. The Morgan fingerprint density at radius 1 is 1.29 bits per heavy atom. The lowest BCUT2D eigenvalue weighted by Crippen LogP contribution is -2.51. The molecule has 1 aromatic rings. The molecule has 2 N–H and O–H groups in total. The van der Waals surface area contributed by atoms with E-state index in [4.69, 9.17) is 0 Å². The van der Waals surface area contributed by atoms with Gasteiger partial charge in [0, 0.05) is 25.0 Å². The van der Waals surface area contributed by atoms with Crippen LogP contribution in [0, 0.1) is 6.92 Å². The predicted octanol–water partition coefficient (Wildman–Crippen LogP) is 1.74. The maximum atomic E-state index is 12.7. The number of carbonyl (C=O) groups is 2. The van der Waals surface area contributed by atoms with Gasteiger partial charge >= 0.3 is 0 Å². The average Bonchev–Trinajstić information content (AvgIpc) is 2.91. The van der Waals surface area contributed by atoms with Crippen molar-refractivity contribution in [3.05, 3.63) is 35.4 Å². The second kappa shape index (κ2) is 7.34. The zero-order chi connectivity index (χ0) is 17.1. The van der Waals surface area contributed by atoms with Gasteiger partial charge in [0.2, 0.25) is 11.8 Å². The number of nitrogens with one attached hydrogen (secondary N) is 2. The van der Waals surface area contributed by atoms with E-state index in [0.29, 0.717) is 25.4 Å². The van der Waals surface area contributed by atoms with E-state index in [1.165, 1.54) is 5.56 Å². The van der Waals surface area contributed by atoms with Crippen molar-refractivity contribution in [1.82, 2.24) is 15.5 Å². The van der Waals surface area contributed by atoms with Crippen LogP contribution in [-0.4, -0.2) is 41.4 Å². The zero-order valence-corrected chi connectivity index (χ0v) is 14.5. The summed E-state index contributed by atoms with van der Waals surface area (Å²) < 4.78 is 0. The van der Waals surface area contributed by atoms with Crippen LogP contribution in [0.1, 0.15) is 43.7 Å². The number of amides is 2. The third kappa shape index (κ3) is 3.96. The van der Waals surface area contributed by atoms with Gasteiger partial charge in [0.05, 0.1) is 0 Å². The Kier molecular flexibility index (Phi) is 5.19. The summed E-state index contributed by atoms with van der Waals surface area (Å²) in [5.74, 6) is 0.0847. The highest BCUT2D eigenvalue weighted by Crippen LogP contribution is 2.22. The minimum absolute atomic E-state index is 0.00654. The molecule has 0 bridgehead atoms. The highest BCUT2D eigenvalue weighted by Gasteiger charge is 2.36. The van der Waals surface area contributed by atoms with Crippen molar-refractivity contribution in [2.24, 2.45) is 0 Å². The number of likely N-dealkylation sites (tertiary alicyclic amines) is 1. The van der Waals surface area contributed by atoms with Crippen molar-refractivity contribution >= 4 is 11.8 Å². The summed E-state index contributed by atoms with van der Waals surface area (Å²) >= 11 is 0. The van der Waals surface area contributed by atoms with Crippen LogP contribution in [0.2, 0.25) is 0 Å². The van der Waals surface area contributed by atoms with E-state index in [1.54, 1.807) is 4.90 Å². The van der Waals surface area contributed by atoms with E-state index in [-0.39, 0.29) is 23.9 Å². The number of carbonyl (C=O) groups excluding carboxylic acids is 2. The van der Waals surface area contributed by atoms with Gasteiger partial charge in [-0.05, 0) is 45.2 Å². The Hall–Kier alpha value is -1.88. The number of benzene rings is 1. The Bertz CT molecular complexity index is 599. The van der Waals surface area contributed by atoms with Crippen LogP contribution < -0.4 is 10.6 Å². The summed E-state index contributed by atoms with van der Waals surface area (Å²) in [4.78, 5) is 26.7. The van der Waals surface area contributed by atoms with Gasteiger partial charge < -0.3 is 15.5 Å². The largest absolute Gasteiger partial charge is 0.351 e. The van der Waals surface area contributed by atoms with Crippen LogP contribution in [-0.2, 0) is 16.1 Å². The van der Waals surface area contributed by atoms with Gasteiger partial charge in [0.25, 0.3) is 0 Å². The molecule has 2 heterocycles. The number of hydrogen-bond acceptors (Lipinski definition) is 3. The Morgan fingerprint density at radius 3 is 2.75 bits per heavy atom. The number of nitrogens with zero attached hydrogens (tertiary/aromatic N) is 1. The molecule has 2 amide bonds. The molecule has 5 nitrogen and oxygen atoms in total. The Morgan fingerprint density at radius 2 is 2.04 bits per heavy atom. The molecule has 0 saturated carbocycles. The zero-order valence-electron chi connectivity index (χ0n) is 14.5. The summed E-state index contributed by atoms with van der Waals surface area (Å²) in [7, 11) is 0. The fourth-order valence-electron chi connectivity index (χ4n) is 3.66. The SMILES string of the molecule is Cc1ccc(CN2C(=O)CCC2C(=O)NC2CCNC(C)C2)cc1. The fraction of sp³-hybridized carbons (Fsp3) is 0.579. The molecule has 1 aromatic carbocycles. The van der Waals surface area contributed by atoms with Crippen LogP contribution in [0.25, 0.3) is 0 Å². The molecule has 0 aromatic heterocycles. The van der Waals surface area contributed by atoms with Gasteiger partial charge in [-0.25, -0.2) is 0 Å². The van der Waals surface area contributed by atoms with E-state index in [0.717, 1.165) is 24.9 Å². The molecule has 0 spiro atoms. The van der Waals surface area contributed by atoms with E-state index in [1.807, 2.05) is 31.2 Å². The molecule has 130 valence electrons. The van der Waals surface area contributed by atoms with Gasteiger partial charge in [0.15, 0.2) is 0 Å². The van der Waals surface area contributed by atoms with Crippen LogP contribution in [0.3, 0.4) is 0 Å². The van der Waals surface area contributed by atoms with E-state index in [9.17, 15) is 9.59 Å². The second-order valence-electron chi connectivity index (χ2n) is 7.15. The monoisotopic (exact) mass is 329 g/mol. The summed E-state index contributed by atoms with van der Waals surface area (Å²) in [5, 5.41) is 6.56. The second-order valence-corrected chi connectivity index (χ2v) is 7.15. The van der Waals surface area contributed by atoms with Crippen molar-refractivity contribution in [2.75, 3.05) is 6.54 Å². The third-order valence-electron chi connectivity index (χ3n) is 5.07. The van der Waals surface area contributed by atoms with Gasteiger partial charge in [-0.1, -0.05) is 29.8 Å². The smallest absolute Gasteiger partial charge is 0.243 e. The van der Waals surface area contributed by atoms with E-state index < -0.39 is 0 Å². The predicted molar refractivity (Wildman–Crippen MR) is 93.4 cm³/mol. The number of rotatable bonds is 4. The maximum absolute atomic E-state index is 12.7. The number of aryl methyl sites for hydroxylation is 1. The van der Waals surface area contributed by atoms with Crippen LogP contribution in [0.5, 0.6) is 0 Å². The highest BCUT2D eigenvalue weighted by atomic mass is 16.2. The van der Waals surface area contributed by atoms with Crippen molar-refractivity contribution < 1.29 is 9.59 Å².